The minimum atomic E-state index is -0.494. The minimum absolute atomic E-state index is 0.175. The zero-order valence-electron chi connectivity index (χ0n) is 14.9. The molecule has 1 saturated heterocycles. The van der Waals surface area contributed by atoms with E-state index >= 15 is 0 Å². The van der Waals surface area contributed by atoms with Crippen molar-refractivity contribution in [1.82, 2.24) is 10.2 Å². The molecule has 0 radical (unpaired) electrons. The number of rotatable bonds is 6. The molecular weight excluding hydrogens is 294 g/mol. The van der Waals surface area contributed by atoms with Gasteiger partial charge in [0.1, 0.15) is 5.60 Å². The molecule has 1 fully saturated rings. The highest BCUT2D eigenvalue weighted by Crippen LogP contribution is 2.35. The number of amides is 1. The van der Waals surface area contributed by atoms with Crippen LogP contribution in [0.4, 0.5) is 4.79 Å². The summed E-state index contributed by atoms with van der Waals surface area (Å²) >= 11 is 0. The van der Waals surface area contributed by atoms with Crippen molar-refractivity contribution in [3.63, 3.8) is 0 Å². The molecular formula is C17H31N3O3. The number of carbonyl (C=O) groups is 1. The maximum atomic E-state index is 12.1. The summed E-state index contributed by atoms with van der Waals surface area (Å²) in [5, 5.41) is 21.8. The van der Waals surface area contributed by atoms with E-state index in [9.17, 15) is 10.1 Å². The summed E-state index contributed by atoms with van der Waals surface area (Å²) in [6, 6.07) is 2.70. The molecule has 0 aromatic rings. The van der Waals surface area contributed by atoms with E-state index < -0.39 is 5.60 Å². The second-order valence-corrected chi connectivity index (χ2v) is 7.50. The molecule has 23 heavy (non-hydrogen) atoms. The normalized spacial score (nSPS) is 19.0. The Morgan fingerprint density at radius 2 is 2.04 bits per heavy atom. The monoisotopic (exact) mass is 325 g/mol. The van der Waals surface area contributed by atoms with E-state index in [-0.39, 0.29) is 24.2 Å². The summed E-state index contributed by atoms with van der Waals surface area (Å²) in [5.41, 5.74) is -0.879. The smallest absolute Gasteiger partial charge is 0.410 e. The molecule has 0 aromatic carbocycles. The molecule has 0 aliphatic carbocycles. The predicted octanol–water partition coefficient (Wildman–Crippen LogP) is 2.28. The Morgan fingerprint density at radius 3 is 2.52 bits per heavy atom. The van der Waals surface area contributed by atoms with Gasteiger partial charge in [0.05, 0.1) is 11.5 Å². The number of aliphatic hydroxyl groups is 1. The van der Waals surface area contributed by atoms with Crippen LogP contribution in [-0.4, -0.2) is 54.0 Å². The molecule has 1 heterocycles. The number of nitrogens with one attached hydrogen (secondary N) is 1. The van der Waals surface area contributed by atoms with E-state index in [1.54, 1.807) is 4.90 Å². The second-order valence-electron chi connectivity index (χ2n) is 7.50. The highest BCUT2D eigenvalue weighted by Gasteiger charge is 2.38. The summed E-state index contributed by atoms with van der Waals surface area (Å²) in [4.78, 5) is 13.8. The number of likely N-dealkylation sites (tertiary alicyclic amines) is 1. The fourth-order valence-electron chi connectivity index (χ4n) is 2.89. The van der Waals surface area contributed by atoms with E-state index in [0.717, 1.165) is 19.4 Å². The third-order valence-electron chi connectivity index (χ3n) is 4.13. The predicted molar refractivity (Wildman–Crippen MR) is 88.9 cm³/mol. The number of nitriles is 1. The molecule has 1 rings (SSSR count). The fourth-order valence-corrected chi connectivity index (χ4v) is 2.89. The van der Waals surface area contributed by atoms with Crippen LogP contribution in [0.3, 0.4) is 0 Å². The Labute approximate surface area is 139 Å². The third kappa shape index (κ3) is 6.76. The zero-order chi connectivity index (χ0) is 17.5. The van der Waals surface area contributed by atoms with Crippen molar-refractivity contribution in [2.45, 2.75) is 65.0 Å². The molecule has 0 saturated carbocycles. The average Bonchev–Trinajstić information content (AvgIpc) is 2.46. The van der Waals surface area contributed by atoms with Gasteiger partial charge in [-0.1, -0.05) is 0 Å². The number of nitrogens with zero attached hydrogens (tertiary/aromatic N) is 2. The van der Waals surface area contributed by atoms with Gasteiger partial charge in [-0.2, -0.15) is 5.26 Å². The van der Waals surface area contributed by atoms with Crippen LogP contribution in [-0.2, 0) is 4.74 Å². The molecule has 132 valence electrons. The van der Waals surface area contributed by atoms with Crippen molar-refractivity contribution < 1.29 is 14.6 Å². The molecule has 1 aliphatic heterocycles. The first-order valence-corrected chi connectivity index (χ1v) is 8.45. The van der Waals surface area contributed by atoms with E-state index in [4.69, 9.17) is 9.84 Å². The summed E-state index contributed by atoms with van der Waals surface area (Å²) in [5.74, 6) is 0. The molecule has 0 aromatic heterocycles. The largest absolute Gasteiger partial charge is 0.444 e. The van der Waals surface area contributed by atoms with Gasteiger partial charge >= 0.3 is 6.09 Å². The maximum absolute atomic E-state index is 12.1. The van der Waals surface area contributed by atoms with Gasteiger partial charge in [-0.3, -0.25) is 0 Å². The van der Waals surface area contributed by atoms with Gasteiger partial charge in [0.25, 0.3) is 0 Å². The van der Waals surface area contributed by atoms with Crippen LogP contribution in [0.1, 0.15) is 53.4 Å². The Balaban J connectivity index is 2.50. The average molecular weight is 325 g/mol. The zero-order valence-corrected chi connectivity index (χ0v) is 14.9. The molecule has 0 bridgehead atoms. The quantitative estimate of drug-likeness (QED) is 0.732. The highest BCUT2D eigenvalue weighted by molar-refractivity contribution is 5.68. The molecule has 1 aliphatic rings. The van der Waals surface area contributed by atoms with Crippen molar-refractivity contribution in [3.05, 3.63) is 0 Å². The Hall–Kier alpha value is -1.32. The first kappa shape index (κ1) is 19.7. The molecule has 1 amide bonds. The topological polar surface area (TPSA) is 85.6 Å². The van der Waals surface area contributed by atoms with Gasteiger partial charge < -0.3 is 20.1 Å². The van der Waals surface area contributed by atoms with Crippen LogP contribution in [0.2, 0.25) is 0 Å². The van der Waals surface area contributed by atoms with Crippen molar-refractivity contribution >= 4 is 6.09 Å². The lowest BCUT2D eigenvalue weighted by atomic mass is 9.75. The van der Waals surface area contributed by atoms with Crippen molar-refractivity contribution in [1.29, 1.82) is 5.26 Å². The van der Waals surface area contributed by atoms with Gasteiger partial charge in [-0.05, 0) is 59.9 Å². The molecule has 1 atom stereocenters. The lowest BCUT2D eigenvalue weighted by Gasteiger charge is -2.39. The maximum Gasteiger partial charge on any atom is 0.410 e. The lowest BCUT2D eigenvalue weighted by molar-refractivity contribution is 0.0137. The fraction of sp³-hybridized carbons (Fsp3) is 0.882. The number of piperidine rings is 1. The van der Waals surface area contributed by atoms with Crippen molar-refractivity contribution in [3.8, 4) is 6.07 Å². The third-order valence-corrected chi connectivity index (χ3v) is 4.13. The Morgan fingerprint density at radius 1 is 1.43 bits per heavy atom. The molecule has 2 N–H and O–H groups in total. The molecule has 6 nitrogen and oxygen atoms in total. The SMILES string of the molecule is CC(CC1(C#N)CCN(C(=O)OC(C)(C)C)CC1)NCCCO. The summed E-state index contributed by atoms with van der Waals surface area (Å²) < 4.78 is 5.39. The lowest BCUT2D eigenvalue weighted by Crippen LogP contribution is -2.46. The number of carbonyl (C=O) groups excluding carboxylic acids is 1. The summed E-state index contributed by atoms with van der Waals surface area (Å²) in [6.07, 6.45) is 2.54. The van der Waals surface area contributed by atoms with Gasteiger partial charge in [0, 0.05) is 25.7 Å². The van der Waals surface area contributed by atoms with Gasteiger partial charge in [0.2, 0.25) is 0 Å². The number of hydrogen-bond donors (Lipinski definition) is 2. The van der Waals surface area contributed by atoms with Crippen LogP contribution in [0.15, 0.2) is 0 Å². The van der Waals surface area contributed by atoms with Gasteiger partial charge in [0.15, 0.2) is 0 Å². The number of hydrogen-bond acceptors (Lipinski definition) is 5. The summed E-state index contributed by atoms with van der Waals surface area (Å²) in [7, 11) is 0. The second kappa shape index (κ2) is 8.51. The van der Waals surface area contributed by atoms with Crippen LogP contribution >= 0.6 is 0 Å². The van der Waals surface area contributed by atoms with Crippen LogP contribution in [0, 0.1) is 16.7 Å². The van der Waals surface area contributed by atoms with Crippen molar-refractivity contribution in [2.24, 2.45) is 5.41 Å². The highest BCUT2D eigenvalue weighted by atomic mass is 16.6. The summed E-state index contributed by atoms with van der Waals surface area (Å²) in [6.45, 7) is 9.68. The molecule has 6 heteroatoms. The van der Waals surface area contributed by atoms with E-state index in [1.165, 1.54) is 0 Å². The van der Waals surface area contributed by atoms with Crippen LogP contribution in [0.5, 0.6) is 0 Å². The van der Waals surface area contributed by atoms with E-state index in [2.05, 4.69) is 18.3 Å². The standard InChI is InChI=1S/C17H31N3O3/c1-14(19-8-5-11-21)12-17(13-18)6-9-20(10-7-17)15(22)23-16(2,3)4/h14,19,21H,5-12H2,1-4H3. The Kier molecular flexibility index (Phi) is 7.30. The first-order chi connectivity index (χ1) is 10.7. The van der Waals surface area contributed by atoms with Gasteiger partial charge in [-0.25, -0.2) is 4.79 Å². The van der Waals surface area contributed by atoms with Crippen molar-refractivity contribution in [2.75, 3.05) is 26.2 Å². The minimum Gasteiger partial charge on any atom is -0.444 e. The van der Waals surface area contributed by atoms with Crippen LogP contribution in [0.25, 0.3) is 0 Å². The number of ether oxygens (including phenoxy) is 1. The first-order valence-electron chi connectivity index (χ1n) is 8.45. The number of aliphatic hydroxyl groups excluding tert-OH is 1. The van der Waals surface area contributed by atoms with Gasteiger partial charge in [-0.15, -0.1) is 0 Å². The van der Waals surface area contributed by atoms with Crippen LogP contribution < -0.4 is 5.32 Å². The molecule has 1 unspecified atom stereocenters. The Bertz CT molecular complexity index is 418. The molecule has 0 spiro atoms. The van der Waals surface area contributed by atoms with E-state index in [1.807, 2.05) is 20.8 Å². The van der Waals surface area contributed by atoms with E-state index in [0.29, 0.717) is 25.9 Å².